The summed E-state index contributed by atoms with van der Waals surface area (Å²) < 4.78 is 0. The molecular weight excluding hydrogens is 252 g/mol. The number of hydrogen-bond acceptors (Lipinski definition) is 0. The Morgan fingerprint density at radius 2 is 1.19 bits per heavy atom. The molecular formula is C21H38. The first-order valence-corrected chi connectivity index (χ1v) is 9.31. The first-order chi connectivity index (χ1) is 10.3. The molecule has 0 amide bonds. The molecule has 0 aliphatic carbocycles. The predicted octanol–water partition coefficient (Wildman–Crippen LogP) is 7.62. The van der Waals surface area contributed by atoms with Crippen LogP contribution in [-0.2, 0) is 0 Å². The maximum Gasteiger partial charge on any atom is -0.0164 e. The second-order valence-electron chi connectivity index (χ2n) is 6.03. The lowest BCUT2D eigenvalue weighted by atomic mass is 9.98. The van der Waals surface area contributed by atoms with Crippen LogP contribution in [0.5, 0.6) is 0 Å². The lowest BCUT2D eigenvalue weighted by Crippen LogP contribution is -1.93. The Morgan fingerprint density at radius 3 is 1.81 bits per heavy atom. The van der Waals surface area contributed by atoms with Gasteiger partial charge < -0.3 is 0 Å². The standard InChI is InChI=1S/C21H38/c1-4-7-10-13-16-19-21(18-15-12-9-6-3)20-17-14-11-8-5-2/h12-13,15-17,20-21H,4-11,14,18-19H2,1-3H3. The molecule has 0 nitrogen and oxygen atoms in total. The summed E-state index contributed by atoms with van der Waals surface area (Å²) in [5, 5.41) is 0. The Morgan fingerprint density at radius 1 is 0.571 bits per heavy atom. The monoisotopic (exact) mass is 290 g/mol. The Hall–Kier alpha value is -0.780. The van der Waals surface area contributed by atoms with Gasteiger partial charge in [0.1, 0.15) is 0 Å². The van der Waals surface area contributed by atoms with E-state index in [2.05, 4.69) is 57.2 Å². The molecule has 0 fully saturated rings. The van der Waals surface area contributed by atoms with Crippen molar-refractivity contribution in [2.75, 3.05) is 0 Å². The Labute approximate surface area is 134 Å². The zero-order chi connectivity index (χ0) is 15.6. The van der Waals surface area contributed by atoms with E-state index in [0.29, 0.717) is 5.92 Å². The van der Waals surface area contributed by atoms with E-state index in [1.165, 1.54) is 70.6 Å². The molecule has 0 radical (unpaired) electrons. The van der Waals surface area contributed by atoms with Gasteiger partial charge in [-0.3, -0.25) is 0 Å². The predicted molar refractivity (Wildman–Crippen MR) is 98.7 cm³/mol. The summed E-state index contributed by atoms with van der Waals surface area (Å²) in [5.74, 6) is 0.692. The summed E-state index contributed by atoms with van der Waals surface area (Å²) in [6, 6.07) is 0. The van der Waals surface area contributed by atoms with Gasteiger partial charge in [-0.25, -0.2) is 0 Å². The second kappa shape index (κ2) is 17.3. The van der Waals surface area contributed by atoms with Crippen molar-refractivity contribution in [2.24, 2.45) is 5.92 Å². The lowest BCUT2D eigenvalue weighted by Gasteiger charge is -2.07. The maximum absolute atomic E-state index is 2.45. The smallest absolute Gasteiger partial charge is 0.0164 e. The minimum absolute atomic E-state index is 0.692. The fourth-order valence-corrected chi connectivity index (χ4v) is 2.32. The molecule has 122 valence electrons. The highest BCUT2D eigenvalue weighted by Gasteiger charge is 1.99. The van der Waals surface area contributed by atoms with Crippen molar-refractivity contribution in [3.05, 3.63) is 36.5 Å². The van der Waals surface area contributed by atoms with Crippen LogP contribution >= 0.6 is 0 Å². The van der Waals surface area contributed by atoms with Crippen LogP contribution in [0.4, 0.5) is 0 Å². The average molecular weight is 291 g/mol. The van der Waals surface area contributed by atoms with Crippen LogP contribution in [-0.4, -0.2) is 0 Å². The topological polar surface area (TPSA) is 0 Å². The van der Waals surface area contributed by atoms with Gasteiger partial charge in [-0.1, -0.05) is 89.3 Å². The van der Waals surface area contributed by atoms with Crippen molar-refractivity contribution in [3.8, 4) is 0 Å². The number of rotatable bonds is 14. The SMILES string of the molecule is CCCC=CCC(C=CCCCCC)CC=CCCCC. The molecule has 0 aliphatic heterocycles. The fourth-order valence-electron chi connectivity index (χ4n) is 2.32. The van der Waals surface area contributed by atoms with Crippen molar-refractivity contribution in [1.82, 2.24) is 0 Å². The van der Waals surface area contributed by atoms with Crippen LogP contribution in [0.1, 0.15) is 91.4 Å². The molecule has 0 N–H and O–H groups in total. The molecule has 0 heteroatoms. The van der Waals surface area contributed by atoms with Crippen molar-refractivity contribution in [1.29, 1.82) is 0 Å². The van der Waals surface area contributed by atoms with Crippen LogP contribution in [0, 0.1) is 5.92 Å². The average Bonchev–Trinajstić information content (AvgIpc) is 2.50. The van der Waals surface area contributed by atoms with E-state index in [4.69, 9.17) is 0 Å². The van der Waals surface area contributed by atoms with Gasteiger partial charge in [0, 0.05) is 0 Å². The third-order valence-corrected chi connectivity index (χ3v) is 3.77. The van der Waals surface area contributed by atoms with Gasteiger partial charge in [-0.05, 0) is 44.4 Å². The molecule has 0 spiro atoms. The molecule has 0 rings (SSSR count). The highest BCUT2D eigenvalue weighted by Crippen LogP contribution is 2.14. The number of hydrogen-bond donors (Lipinski definition) is 0. The van der Waals surface area contributed by atoms with E-state index in [9.17, 15) is 0 Å². The van der Waals surface area contributed by atoms with E-state index in [1.54, 1.807) is 0 Å². The normalized spacial score (nSPS) is 13.9. The van der Waals surface area contributed by atoms with Crippen molar-refractivity contribution < 1.29 is 0 Å². The van der Waals surface area contributed by atoms with E-state index in [0.717, 1.165) is 0 Å². The summed E-state index contributed by atoms with van der Waals surface area (Å²) in [4.78, 5) is 0. The lowest BCUT2D eigenvalue weighted by molar-refractivity contribution is 0.662. The van der Waals surface area contributed by atoms with E-state index in [1.807, 2.05) is 0 Å². The molecule has 0 aliphatic rings. The van der Waals surface area contributed by atoms with Gasteiger partial charge in [0.05, 0.1) is 0 Å². The molecule has 0 heterocycles. The summed E-state index contributed by atoms with van der Waals surface area (Å²) in [7, 11) is 0. The van der Waals surface area contributed by atoms with Crippen LogP contribution in [0.3, 0.4) is 0 Å². The van der Waals surface area contributed by atoms with Gasteiger partial charge in [-0.2, -0.15) is 0 Å². The van der Waals surface area contributed by atoms with Crippen molar-refractivity contribution in [3.63, 3.8) is 0 Å². The Balaban J connectivity index is 4.10. The number of allylic oxidation sites excluding steroid dienone is 6. The van der Waals surface area contributed by atoms with Crippen LogP contribution in [0.2, 0.25) is 0 Å². The van der Waals surface area contributed by atoms with Crippen molar-refractivity contribution >= 4 is 0 Å². The van der Waals surface area contributed by atoms with E-state index in [-0.39, 0.29) is 0 Å². The minimum Gasteiger partial charge on any atom is -0.0885 e. The molecule has 0 aromatic heterocycles. The fraction of sp³-hybridized carbons (Fsp3) is 0.714. The molecule has 0 saturated carbocycles. The number of unbranched alkanes of at least 4 members (excludes halogenated alkanes) is 6. The molecule has 0 saturated heterocycles. The maximum atomic E-state index is 2.45. The quantitative estimate of drug-likeness (QED) is 0.228. The van der Waals surface area contributed by atoms with Gasteiger partial charge in [0.25, 0.3) is 0 Å². The van der Waals surface area contributed by atoms with Crippen LogP contribution < -0.4 is 0 Å². The molecule has 0 aromatic rings. The third kappa shape index (κ3) is 15.4. The zero-order valence-electron chi connectivity index (χ0n) is 14.8. The molecule has 21 heavy (non-hydrogen) atoms. The Bertz CT molecular complexity index is 270. The summed E-state index contributed by atoms with van der Waals surface area (Å²) in [6.07, 6.45) is 28.4. The molecule has 0 aromatic carbocycles. The van der Waals surface area contributed by atoms with Crippen LogP contribution in [0.25, 0.3) is 0 Å². The summed E-state index contributed by atoms with van der Waals surface area (Å²) in [6.45, 7) is 6.77. The Kier molecular flexibility index (Phi) is 16.6. The first-order valence-electron chi connectivity index (χ1n) is 9.31. The van der Waals surface area contributed by atoms with Crippen LogP contribution in [0.15, 0.2) is 36.5 Å². The highest BCUT2D eigenvalue weighted by molar-refractivity contribution is 4.98. The van der Waals surface area contributed by atoms with Gasteiger partial charge >= 0.3 is 0 Å². The van der Waals surface area contributed by atoms with Gasteiger partial charge in [0.15, 0.2) is 0 Å². The van der Waals surface area contributed by atoms with E-state index >= 15 is 0 Å². The third-order valence-electron chi connectivity index (χ3n) is 3.77. The zero-order valence-corrected chi connectivity index (χ0v) is 14.8. The molecule has 0 bridgehead atoms. The first kappa shape index (κ1) is 20.2. The van der Waals surface area contributed by atoms with E-state index < -0.39 is 0 Å². The summed E-state index contributed by atoms with van der Waals surface area (Å²) in [5.41, 5.74) is 0. The van der Waals surface area contributed by atoms with Gasteiger partial charge in [-0.15, -0.1) is 0 Å². The molecule has 1 atom stereocenters. The molecule has 1 unspecified atom stereocenters. The minimum atomic E-state index is 0.692. The summed E-state index contributed by atoms with van der Waals surface area (Å²) >= 11 is 0. The van der Waals surface area contributed by atoms with Crippen molar-refractivity contribution in [2.45, 2.75) is 91.4 Å². The van der Waals surface area contributed by atoms with Gasteiger partial charge in [0.2, 0.25) is 0 Å². The second-order valence-corrected chi connectivity index (χ2v) is 6.03. The highest BCUT2D eigenvalue weighted by atomic mass is 14.0. The largest absolute Gasteiger partial charge is 0.0885 e.